The third-order valence-electron chi connectivity index (χ3n) is 3.25. The van der Waals surface area contributed by atoms with Gasteiger partial charge in [0.2, 0.25) is 0 Å². The van der Waals surface area contributed by atoms with Gasteiger partial charge in [-0.1, -0.05) is 76.8 Å². The summed E-state index contributed by atoms with van der Waals surface area (Å²) in [5.41, 5.74) is 4.06. The average Bonchev–Trinajstić information content (AvgIpc) is 2.65. The molecule has 0 saturated carbocycles. The fourth-order valence-electron chi connectivity index (χ4n) is 2.48. The van der Waals surface area contributed by atoms with Gasteiger partial charge in [0.05, 0.1) is 11.0 Å². The van der Waals surface area contributed by atoms with E-state index < -0.39 is 0 Å². The van der Waals surface area contributed by atoms with Crippen LogP contribution in [0.25, 0.3) is 34.0 Å². The van der Waals surface area contributed by atoms with Gasteiger partial charge in [-0.15, -0.1) is 0 Å². The lowest BCUT2D eigenvalue weighted by Crippen LogP contribution is -1.92. The van der Waals surface area contributed by atoms with Crippen LogP contribution in [0, 0.1) is 0 Å². The number of allylic oxidation sites excluding steroid dienone is 1. The summed E-state index contributed by atoms with van der Waals surface area (Å²) >= 11 is 0. The van der Waals surface area contributed by atoms with E-state index in [0.717, 1.165) is 27.5 Å². The van der Waals surface area contributed by atoms with Crippen molar-refractivity contribution < 1.29 is 0 Å². The molecule has 0 N–H and O–H groups in total. The largest absolute Gasteiger partial charge is 0.252 e. The maximum Gasteiger partial charge on any atom is 0.0971 e. The fraction of sp³-hybridized carbons (Fsp3) is 0.238. The van der Waals surface area contributed by atoms with Gasteiger partial charge in [-0.25, -0.2) is 0 Å². The van der Waals surface area contributed by atoms with E-state index in [1.807, 2.05) is 58.9 Å². The average molecular weight is 306 g/mol. The molecule has 0 aliphatic rings. The molecule has 2 aromatic carbocycles. The number of hydrogen-bond acceptors (Lipinski definition) is 2. The summed E-state index contributed by atoms with van der Waals surface area (Å²) in [7, 11) is 0. The van der Waals surface area contributed by atoms with Crippen LogP contribution in [0.1, 0.15) is 45.7 Å². The fourth-order valence-corrected chi connectivity index (χ4v) is 2.48. The zero-order chi connectivity index (χ0) is 17.2. The second kappa shape index (κ2) is 9.52. The van der Waals surface area contributed by atoms with E-state index in [0.29, 0.717) is 0 Å². The van der Waals surface area contributed by atoms with Crippen molar-refractivity contribution in [2.24, 2.45) is 0 Å². The highest BCUT2D eigenvalue weighted by atomic mass is 14.8. The molecule has 0 radical (unpaired) electrons. The van der Waals surface area contributed by atoms with Gasteiger partial charge >= 0.3 is 0 Å². The predicted octanol–water partition coefficient (Wildman–Crippen LogP) is 6.51. The van der Waals surface area contributed by atoms with Crippen molar-refractivity contribution in [3.8, 4) is 0 Å². The highest BCUT2D eigenvalue weighted by Crippen LogP contribution is 2.32. The first-order valence-corrected chi connectivity index (χ1v) is 8.27. The molecule has 0 aliphatic heterocycles. The van der Waals surface area contributed by atoms with E-state index in [-0.39, 0.29) is 0 Å². The molecule has 2 heteroatoms. The standard InChI is InChI=1S/C17H14N2.2C2H6/c1-3-7-14-12(4-2)13-8-5-6-9-15(13)17-16(14)18-10-11-19-17;2*1-2/h3-11H,2H2,1H3;2*1-2H3/b7-3-;;. The Morgan fingerprint density at radius 3 is 1.96 bits per heavy atom. The van der Waals surface area contributed by atoms with Gasteiger partial charge in [0.1, 0.15) is 0 Å². The Balaban J connectivity index is 0.000000615. The van der Waals surface area contributed by atoms with Gasteiger partial charge in [0, 0.05) is 23.3 Å². The van der Waals surface area contributed by atoms with Crippen LogP contribution in [0.15, 0.2) is 49.3 Å². The smallest absolute Gasteiger partial charge is 0.0971 e. The monoisotopic (exact) mass is 306 g/mol. The van der Waals surface area contributed by atoms with Crippen LogP contribution in [-0.4, -0.2) is 9.97 Å². The van der Waals surface area contributed by atoms with Crippen molar-refractivity contribution in [1.29, 1.82) is 0 Å². The summed E-state index contributed by atoms with van der Waals surface area (Å²) in [6.45, 7) is 14.0. The van der Waals surface area contributed by atoms with Crippen molar-refractivity contribution in [1.82, 2.24) is 9.97 Å². The van der Waals surface area contributed by atoms with Gasteiger partial charge in [-0.3, -0.25) is 9.97 Å². The molecule has 0 unspecified atom stereocenters. The van der Waals surface area contributed by atoms with Crippen LogP contribution < -0.4 is 0 Å². The summed E-state index contributed by atoms with van der Waals surface area (Å²) in [5.74, 6) is 0. The van der Waals surface area contributed by atoms with E-state index in [1.165, 1.54) is 5.39 Å². The van der Waals surface area contributed by atoms with Gasteiger partial charge in [-0.2, -0.15) is 0 Å². The van der Waals surface area contributed by atoms with Crippen LogP contribution in [-0.2, 0) is 0 Å². The molecular weight excluding hydrogens is 280 g/mol. The zero-order valence-corrected chi connectivity index (χ0v) is 14.8. The van der Waals surface area contributed by atoms with Crippen LogP contribution >= 0.6 is 0 Å². The third-order valence-corrected chi connectivity index (χ3v) is 3.25. The van der Waals surface area contributed by atoms with Gasteiger partial charge in [0.15, 0.2) is 0 Å². The zero-order valence-electron chi connectivity index (χ0n) is 14.8. The lowest BCUT2D eigenvalue weighted by Gasteiger charge is -2.10. The Morgan fingerprint density at radius 2 is 1.39 bits per heavy atom. The number of fused-ring (bicyclic) bond motifs is 3. The lowest BCUT2D eigenvalue weighted by molar-refractivity contribution is 1.30. The first-order chi connectivity index (χ1) is 11.4. The third kappa shape index (κ3) is 3.65. The molecule has 0 atom stereocenters. The van der Waals surface area contributed by atoms with E-state index in [1.54, 1.807) is 12.4 Å². The first-order valence-electron chi connectivity index (χ1n) is 8.27. The van der Waals surface area contributed by atoms with Gasteiger partial charge in [-0.05, 0) is 17.9 Å². The molecule has 0 aliphatic carbocycles. The molecule has 0 spiro atoms. The Kier molecular flexibility index (Phi) is 7.69. The number of nitrogens with zero attached hydrogens (tertiary/aromatic N) is 2. The quantitative estimate of drug-likeness (QED) is 0.504. The maximum atomic E-state index is 4.50. The first kappa shape index (κ1) is 18.6. The SMILES string of the molecule is C=Cc1c(/C=C\C)c2nccnc2c2ccccc12.CC.CC. The highest BCUT2D eigenvalue weighted by molar-refractivity contribution is 6.11. The molecule has 2 nitrogen and oxygen atoms in total. The highest BCUT2D eigenvalue weighted by Gasteiger charge is 2.11. The summed E-state index contributed by atoms with van der Waals surface area (Å²) < 4.78 is 0. The van der Waals surface area contributed by atoms with Crippen molar-refractivity contribution in [2.45, 2.75) is 34.6 Å². The minimum absolute atomic E-state index is 0.925. The van der Waals surface area contributed by atoms with Gasteiger partial charge < -0.3 is 0 Å². The molecule has 3 rings (SSSR count). The Hall–Kier alpha value is -2.48. The van der Waals surface area contributed by atoms with E-state index in [9.17, 15) is 0 Å². The van der Waals surface area contributed by atoms with Crippen LogP contribution in [0.5, 0.6) is 0 Å². The second-order valence-corrected chi connectivity index (χ2v) is 4.33. The predicted molar refractivity (Wildman–Crippen MR) is 105 cm³/mol. The van der Waals surface area contributed by atoms with Crippen molar-refractivity contribution in [3.05, 3.63) is 60.4 Å². The van der Waals surface area contributed by atoms with Crippen LogP contribution in [0.3, 0.4) is 0 Å². The van der Waals surface area contributed by atoms with Crippen molar-refractivity contribution in [3.63, 3.8) is 0 Å². The minimum Gasteiger partial charge on any atom is -0.252 e. The lowest BCUT2D eigenvalue weighted by atomic mass is 9.96. The second-order valence-electron chi connectivity index (χ2n) is 4.33. The molecule has 1 aromatic heterocycles. The molecule has 3 aromatic rings. The molecule has 1 heterocycles. The van der Waals surface area contributed by atoms with E-state index >= 15 is 0 Å². The molecule has 0 bridgehead atoms. The van der Waals surface area contributed by atoms with Crippen LogP contribution in [0.4, 0.5) is 0 Å². The summed E-state index contributed by atoms with van der Waals surface area (Å²) in [6.07, 6.45) is 9.45. The number of aromatic nitrogens is 2. The number of rotatable bonds is 2. The maximum absolute atomic E-state index is 4.50. The van der Waals surface area contributed by atoms with Crippen molar-refractivity contribution in [2.75, 3.05) is 0 Å². The number of hydrogen-bond donors (Lipinski definition) is 0. The minimum atomic E-state index is 0.925. The van der Waals surface area contributed by atoms with Gasteiger partial charge in [0.25, 0.3) is 0 Å². The Labute approximate surface area is 139 Å². The summed E-state index contributed by atoms with van der Waals surface area (Å²) in [4.78, 5) is 8.99. The Morgan fingerprint density at radius 1 is 0.826 bits per heavy atom. The van der Waals surface area contributed by atoms with Crippen molar-refractivity contribution >= 4 is 34.0 Å². The number of benzene rings is 2. The van der Waals surface area contributed by atoms with E-state index in [4.69, 9.17) is 0 Å². The molecule has 23 heavy (non-hydrogen) atoms. The topological polar surface area (TPSA) is 25.8 Å². The molecule has 0 amide bonds. The summed E-state index contributed by atoms with van der Waals surface area (Å²) in [6, 6.07) is 8.25. The summed E-state index contributed by atoms with van der Waals surface area (Å²) in [5, 5.41) is 2.28. The van der Waals surface area contributed by atoms with Crippen LogP contribution in [0.2, 0.25) is 0 Å². The molecular formula is C21H26N2. The molecule has 0 saturated heterocycles. The van der Waals surface area contributed by atoms with E-state index in [2.05, 4.69) is 34.8 Å². The normalized spacial score (nSPS) is 9.96. The molecule has 120 valence electrons. The Bertz CT molecular complexity index is 801. The molecule has 0 fully saturated rings.